The second-order valence-electron chi connectivity index (χ2n) is 3.66. The molecular formula is C10H14F3N3. The molecule has 0 unspecified atom stereocenters. The fourth-order valence-corrected chi connectivity index (χ4v) is 1.26. The number of rotatable bonds is 4. The zero-order valence-corrected chi connectivity index (χ0v) is 8.96. The van der Waals surface area contributed by atoms with Gasteiger partial charge in [0, 0.05) is 13.1 Å². The molecule has 1 rings (SSSR count). The molecule has 3 nitrogen and oxygen atoms in total. The summed E-state index contributed by atoms with van der Waals surface area (Å²) in [5.41, 5.74) is 6.14. The van der Waals surface area contributed by atoms with Gasteiger partial charge in [-0.2, -0.15) is 13.2 Å². The van der Waals surface area contributed by atoms with Crippen molar-refractivity contribution in [1.82, 2.24) is 9.88 Å². The summed E-state index contributed by atoms with van der Waals surface area (Å²) in [5.74, 6) is 0.377. The van der Waals surface area contributed by atoms with Crippen LogP contribution in [-0.4, -0.2) is 29.7 Å². The molecular weight excluding hydrogens is 219 g/mol. The summed E-state index contributed by atoms with van der Waals surface area (Å²) in [4.78, 5) is 5.58. The van der Waals surface area contributed by atoms with Crippen molar-refractivity contribution in [3.8, 4) is 0 Å². The highest BCUT2D eigenvalue weighted by Crippen LogP contribution is 2.19. The Morgan fingerprint density at radius 3 is 2.62 bits per heavy atom. The van der Waals surface area contributed by atoms with Crippen LogP contribution in [0.5, 0.6) is 0 Å². The number of alkyl halides is 3. The summed E-state index contributed by atoms with van der Waals surface area (Å²) in [7, 11) is 1.62. The molecule has 0 amide bonds. The second kappa shape index (κ2) is 5.16. The summed E-state index contributed by atoms with van der Waals surface area (Å²) in [5, 5.41) is 0. The number of nitrogen functional groups attached to an aromatic ring is 1. The molecule has 0 bridgehead atoms. The van der Waals surface area contributed by atoms with E-state index in [0.717, 1.165) is 0 Å². The molecule has 0 radical (unpaired) electrons. The lowest BCUT2D eigenvalue weighted by Gasteiger charge is -2.17. The first-order valence-corrected chi connectivity index (χ1v) is 4.83. The van der Waals surface area contributed by atoms with Crippen molar-refractivity contribution < 1.29 is 13.2 Å². The van der Waals surface area contributed by atoms with E-state index in [1.165, 1.54) is 0 Å². The average molecular weight is 233 g/mol. The number of anilines is 1. The molecule has 0 spiro atoms. The lowest BCUT2D eigenvalue weighted by atomic mass is 10.3. The van der Waals surface area contributed by atoms with E-state index in [-0.39, 0.29) is 6.54 Å². The monoisotopic (exact) mass is 233 g/mol. The Morgan fingerprint density at radius 2 is 2.06 bits per heavy atom. The minimum atomic E-state index is -4.11. The van der Waals surface area contributed by atoms with Crippen LogP contribution in [0.15, 0.2) is 18.2 Å². The predicted molar refractivity (Wildman–Crippen MR) is 55.7 cm³/mol. The van der Waals surface area contributed by atoms with Crippen molar-refractivity contribution in [2.45, 2.75) is 19.1 Å². The van der Waals surface area contributed by atoms with Gasteiger partial charge in [0.05, 0.1) is 12.1 Å². The van der Waals surface area contributed by atoms with Gasteiger partial charge in [-0.25, -0.2) is 4.98 Å². The van der Waals surface area contributed by atoms with Crippen LogP contribution >= 0.6 is 0 Å². The first-order chi connectivity index (χ1) is 7.37. The minimum absolute atomic E-state index is 0.0417. The highest BCUT2D eigenvalue weighted by Gasteiger charge is 2.27. The molecule has 16 heavy (non-hydrogen) atoms. The molecule has 0 saturated heterocycles. The van der Waals surface area contributed by atoms with Crippen LogP contribution < -0.4 is 5.73 Å². The fraction of sp³-hybridized carbons (Fsp3) is 0.500. The van der Waals surface area contributed by atoms with E-state index in [4.69, 9.17) is 5.73 Å². The largest absolute Gasteiger partial charge is 0.390 e. The fourth-order valence-electron chi connectivity index (χ4n) is 1.26. The molecule has 0 saturated carbocycles. The van der Waals surface area contributed by atoms with Gasteiger partial charge in [-0.05, 0) is 19.2 Å². The van der Waals surface area contributed by atoms with Gasteiger partial charge in [0.2, 0.25) is 0 Å². The highest BCUT2D eigenvalue weighted by atomic mass is 19.4. The third-order valence-electron chi connectivity index (χ3n) is 2.04. The summed E-state index contributed by atoms with van der Waals surface area (Å²) in [6.07, 6.45) is -4.93. The van der Waals surface area contributed by atoms with Crippen LogP contribution in [0.1, 0.15) is 12.1 Å². The molecule has 0 aromatic carbocycles. The van der Waals surface area contributed by atoms with Gasteiger partial charge in [-0.1, -0.05) is 6.07 Å². The topological polar surface area (TPSA) is 42.1 Å². The van der Waals surface area contributed by atoms with E-state index in [2.05, 4.69) is 4.98 Å². The molecule has 6 heteroatoms. The van der Waals surface area contributed by atoms with E-state index in [0.29, 0.717) is 18.1 Å². The zero-order valence-electron chi connectivity index (χ0n) is 8.96. The summed E-state index contributed by atoms with van der Waals surface area (Å²) >= 11 is 0. The SMILES string of the molecule is CN(CCC(F)(F)F)Cc1cccc(N)n1. The number of halogens is 3. The van der Waals surface area contributed by atoms with Gasteiger partial charge in [0.15, 0.2) is 0 Å². The van der Waals surface area contributed by atoms with Gasteiger partial charge < -0.3 is 10.6 Å². The van der Waals surface area contributed by atoms with Crippen molar-refractivity contribution in [3.05, 3.63) is 23.9 Å². The Labute approximate surface area is 92.1 Å². The predicted octanol–water partition coefficient (Wildman–Crippen LogP) is 2.05. The lowest BCUT2D eigenvalue weighted by Crippen LogP contribution is -2.24. The average Bonchev–Trinajstić information content (AvgIpc) is 2.14. The molecule has 0 aliphatic heterocycles. The van der Waals surface area contributed by atoms with Gasteiger partial charge in [0.1, 0.15) is 5.82 Å². The third-order valence-corrected chi connectivity index (χ3v) is 2.04. The molecule has 90 valence electrons. The zero-order chi connectivity index (χ0) is 12.2. The van der Waals surface area contributed by atoms with Crippen LogP contribution in [0.25, 0.3) is 0 Å². The van der Waals surface area contributed by atoms with E-state index in [1.807, 2.05) is 0 Å². The van der Waals surface area contributed by atoms with E-state index in [1.54, 1.807) is 30.1 Å². The summed E-state index contributed by atoms with van der Waals surface area (Å²) in [6.45, 7) is 0.321. The molecule has 0 fully saturated rings. The first-order valence-electron chi connectivity index (χ1n) is 4.83. The van der Waals surface area contributed by atoms with Crippen LogP contribution in [0.3, 0.4) is 0 Å². The Morgan fingerprint density at radius 1 is 1.38 bits per heavy atom. The third kappa shape index (κ3) is 4.97. The summed E-state index contributed by atoms with van der Waals surface area (Å²) < 4.78 is 35.9. The van der Waals surface area contributed by atoms with Crippen LogP contribution in [-0.2, 0) is 6.54 Å². The number of pyridine rings is 1. The van der Waals surface area contributed by atoms with Gasteiger partial charge >= 0.3 is 6.18 Å². The van der Waals surface area contributed by atoms with Crippen molar-refractivity contribution in [1.29, 1.82) is 0 Å². The minimum Gasteiger partial charge on any atom is -0.384 e. The second-order valence-corrected chi connectivity index (χ2v) is 3.66. The molecule has 0 atom stereocenters. The number of nitrogens with zero attached hydrogens (tertiary/aromatic N) is 2. The Balaban J connectivity index is 2.43. The van der Waals surface area contributed by atoms with Gasteiger partial charge in [0.25, 0.3) is 0 Å². The molecule has 0 aliphatic carbocycles. The maximum atomic E-state index is 12.0. The van der Waals surface area contributed by atoms with Crippen molar-refractivity contribution in [2.75, 3.05) is 19.3 Å². The van der Waals surface area contributed by atoms with Crippen molar-refractivity contribution >= 4 is 5.82 Å². The van der Waals surface area contributed by atoms with Gasteiger partial charge in [-0.15, -0.1) is 0 Å². The number of aromatic nitrogens is 1. The Bertz CT molecular complexity index is 338. The molecule has 2 N–H and O–H groups in total. The normalized spacial score (nSPS) is 12.1. The molecule has 1 aromatic heterocycles. The van der Waals surface area contributed by atoms with E-state index >= 15 is 0 Å². The van der Waals surface area contributed by atoms with E-state index in [9.17, 15) is 13.2 Å². The molecule has 0 aliphatic rings. The van der Waals surface area contributed by atoms with Crippen molar-refractivity contribution in [2.24, 2.45) is 0 Å². The molecule has 1 aromatic rings. The number of hydrogen-bond acceptors (Lipinski definition) is 3. The van der Waals surface area contributed by atoms with Crippen LogP contribution in [0.4, 0.5) is 19.0 Å². The van der Waals surface area contributed by atoms with Gasteiger partial charge in [-0.3, -0.25) is 0 Å². The Hall–Kier alpha value is -1.30. The molecule has 1 heterocycles. The first kappa shape index (κ1) is 12.8. The standard InChI is InChI=1S/C10H14F3N3/c1-16(6-5-10(11,12)13)7-8-3-2-4-9(14)15-8/h2-4H,5-7H2,1H3,(H2,14,15). The lowest BCUT2D eigenvalue weighted by molar-refractivity contribution is -0.137. The van der Waals surface area contributed by atoms with E-state index < -0.39 is 12.6 Å². The number of nitrogens with two attached hydrogens (primary N) is 1. The highest BCUT2D eigenvalue weighted by molar-refractivity contribution is 5.28. The quantitative estimate of drug-likeness (QED) is 0.865. The summed E-state index contributed by atoms with van der Waals surface area (Å²) in [6, 6.07) is 5.11. The van der Waals surface area contributed by atoms with Crippen LogP contribution in [0, 0.1) is 0 Å². The Kier molecular flexibility index (Phi) is 4.12. The van der Waals surface area contributed by atoms with Crippen LogP contribution in [0.2, 0.25) is 0 Å². The smallest absolute Gasteiger partial charge is 0.384 e. The van der Waals surface area contributed by atoms with Crippen molar-refractivity contribution in [3.63, 3.8) is 0 Å². The maximum Gasteiger partial charge on any atom is 0.390 e. The number of hydrogen-bond donors (Lipinski definition) is 1. The maximum absolute atomic E-state index is 12.0.